The molecule has 122 valence electrons. The van der Waals surface area contributed by atoms with Crippen molar-refractivity contribution in [2.45, 2.75) is 55.9 Å². The van der Waals surface area contributed by atoms with Crippen LogP contribution in [0.5, 0.6) is 0 Å². The Hall–Kier alpha value is -1.48. The van der Waals surface area contributed by atoms with Gasteiger partial charge in [0.2, 0.25) is 0 Å². The van der Waals surface area contributed by atoms with E-state index in [-0.39, 0.29) is 12.8 Å². The van der Waals surface area contributed by atoms with E-state index in [4.69, 9.17) is 5.11 Å². The minimum absolute atomic E-state index is 0.267. The first-order valence-corrected chi connectivity index (χ1v) is 6.12. The number of carboxylic acids is 1. The molecule has 0 aromatic heterocycles. The molecule has 1 rings (SSSR count). The predicted octanol–water partition coefficient (Wildman–Crippen LogP) is 2.43. The molecule has 0 unspecified atom stereocenters. The Morgan fingerprint density at radius 1 is 0.905 bits per heavy atom. The minimum Gasteiger partial charge on any atom is -0.477 e. The van der Waals surface area contributed by atoms with Gasteiger partial charge in [-0.1, -0.05) is 19.3 Å². The predicted molar refractivity (Wildman–Crippen MR) is 57.5 cm³/mol. The molecule has 10 heteroatoms. The van der Waals surface area contributed by atoms with E-state index in [9.17, 15) is 35.9 Å². The van der Waals surface area contributed by atoms with Gasteiger partial charge in [-0.2, -0.15) is 26.3 Å². The van der Waals surface area contributed by atoms with Gasteiger partial charge in [0, 0.05) is 6.04 Å². The molecule has 0 aliphatic heterocycles. The molecule has 0 saturated heterocycles. The number of rotatable bonds is 5. The summed E-state index contributed by atoms with van der Waals surface area (Å²) in [6.45, 7) is 0. The molecule has 4 nitrogen and oxygen atoms in total. The number of carbonyl (C=O) groups is 2. The van der Waals surface area contributed by atoms with Crippen LogP contribution in [-0.4, -0.2) is 40.8 Å². The second-order valence-electron chi connectivity index (χ2n) is 4.84. The van der Waals surface area contributed by atoms with Crippen molar-refractivity contribution in [3.63, 3.8) is 0 Å². The van der Waals surface area contributed by atoms with Gasteiger partial charge >= 0.3 is 23.7 Å². The van der Waals surface area contributed by atoms with Gasteiger partial charge in [0.05, 0.1) is 0 Å². The summed E-state index contributed by atoms with van der Waals surface area (Å²) in [6.07, 6.45) is 2.48. The zero-order valence-corrected chi connectivity index (χ0v) is 10.6. The standard InChI is InChI=1S/C11H13F6NO3/c12-9(13,11(16,17)10(14,15)8(20)21)7(19)18-6-4-2-1-3-5-6/h6H,1-5H2,(H,18,19)(H,20,21). The van der Waals surface area contributed by atoms with Crippen molar-refractivity contribution in [2.75, 3.05) is 0 Å². The molecule has 1 aliphatic rings. The van der Waals surface area contributed by atoms with Crippen molar-refractivity contribution in [1.82, 2.24) is 5.32 Å². The molecule has 1 amide bonds. The fourth-order valence-corrected chi connectivity index (χ4v) is 2.00. The van der Waals surface area contributed by atoms with E-state index in [1.54, 1.807) is 5.32 Å². The Morgan fingerprint density at radius 3 is 1.81 bits per heavy atom. The number of nitrogens with one attached hydrogen (secondary N) is 1. The van der Waals surface area contributed by atoms with E-state index < -0.39 is 35.7 Å². The molecule has 0 spiro atoms. The molecule has 0 aromatic carbocycles. The number of carboxylic acid groups (broad SMARTS) is 1. The summed E-state index contributed by atoms with van der Waals surface area (Å²) in [6, 6.07) is -0.814. The SMILES string of the molecule is O=C(O)C(F)(F)C(F)(F)C(F)(F)C(=O)NC1CCCCC1. The number of carbonyl (C=O) groups excluding carboxylic acids is 1. The number of aliphatic carboxylic acids is 1. The molecular formula is C11H13F6NO3. The van der Waals surface area contributed by atoms with E-state index in [1.807, 2.05) is 0 Å². The molecule has 0 radical (unpaired) electrons. The van der Waals surface area contributed by atoms with Gasteiger partial charge in [-0.05, 0) is 12.8 Å². The number of amides is 1. The summed E-state index contributed by atoms with van der Waals surface area (Å²) in [5, 5.41) is 9.53. The zero-order chi connectivity index (χ0) is 16.5. The van der Waals surface area contributed by atoms with Crippen LogP contribution in [0.25, 0.3) is 0 Å². The molecule has 1 saturated carbocycles. The average Bonchev–Trinajstić information content (AvgIpc) is 2.39. The van der Waals surface area contributed by atoms with Gasteiger partial charge in [0.25, 0.3) is 5.91 Å². The van der Waals surface area contributed by atoms with Crippen molar-refractivity contribution in [3.05, 3.63) is 0 Å². The average molecular weight is 321 g/mol. The van der Waals surface area contributed by atoms with Crippen LogP contribution >= 0.6 is 0 Å². The Morgan fingerprint density at radius 2 is 1.38 bits per heavy atom. The molecule has 1 fully saturated rings. The van der Waals surface area contributed by atoms with Crippen LogP contribution in [0.2, 0.25) is 0 Å². The van der Waals surface area contributed by atoms with Gasteiger partial charge in [-0.15, -0.1) is 0 Å². The third-order valence-electron chi connectivity index (χ3n) is 3.28. The van der Waals surface area contributed by atoms with Gasteiger partial charge in [-0.25, -0.2) is 4.79 Å². The number of hydrogen-bond donors (Lipinski definition) is 2. The largest absolute Gasteiger partial charge is 0.477 e. The number of halogens is 6. The fourth-order valence-electron chi connectivity index (χ4n) is 2.00. The van der Waals surface area contributed by atoms with Crippen molar-refractivity contribution < 1.29 is 41.0 Å². The van der Waals surface area contributed by atoms with Gasteiger partial charge in [0.15, 0.2) is 0 Å². The quantitative estimate of drug-likeness (QED) is 0.764. The first kappa shape index (κ1) is 17.6. The third-order valence-corrected chi connectivity index (χ3v) is 3.28. The molecular weight excluding hydrogens is 308 g/mol. The highest BCUT2D eigenvalue weighted by molar-refractivity contribution is 5.87. The Labute approximate surface area is 115 Å². The second kappa shape index (κ2) is 5.72. The monoisotopic (exact) mass is 321 g/mol. The third kappa shape index (κ3) is 3.08. The lowest BCUT2D eigenvalue weighted by Gasteiger charge is -2.31. The van der Waals surface area contributed by atoms with Crippen molar-refractivity contribution in [2.24, 2.45) is 0 Å². The van der Waals surface area contributed by atoms with Crippen LogP contribution in [0.15, 0.2) is 0 Å². The van der Waals surface area contributed by atoms with Crippen LogP contribution in [0.4, 0.5) is 26.3 Å². The molecule has 0 aromatic rings. The lowest BCUT2D eigenvalue weighted by atomic mass is 9.94. The maximum absolute atomic E-state index is 13.3. The van der Waals surface area contributed by atoms with E-state index in [1.165, 1.54) is 0 Å². The van der Waals surface area contributed by atoms with Crippen LogP contribution < -0.4 is 5.32 Å². The van der Waals surface area contributed by atoms with Crippen LogP contribution in [0.1, 0.15) is 32.1 Å². The summed E-state index contributed by atoms with van der Waals surface area (Å²) in [7, 11) is 0. The summed E-state index contributed by atoms with van der Waals surface area (Å²) in [4.78, 5) is 21.2. The van der Waals surface area contributed by atoms with E-state index >= 15 is 0 Å². The molecule has 2 N–H and O–H groups in total. The van der Waals surface area contributed by atoms with Gasteiger partial charge in [-0.3, -0.25) is 4.79 Å². The second-order valence-corrected chi connectivity index (χ2v) is 4.84. The van der Waals surface area contributed by atoms with Crippen molar-refractivity contribution >= 4 is 11.9 Å². The maximum Gasteiger partial charge on any atom is 0.411 e. The summed E-state index contributed by atoms with van der Waals surface area (Å²) in [5.74, 6) is -24.3. The molecule has 1 aliphatic carbocycles. The highest BCUT2D eigenvalue weighted by atomic mass is 19.3. The van der Waals surface area contributed by atoms with Crippen LogP contribution in [-0.2, 0) is 9.59 Å². The lowest BCUT2D eigenvalue weighted by molar-refractivity contribution is -0.293. The van der Waals surface area contributed by atoms with E-state index in [0.717, 1.165) is 6.42 Å². The van der Waals surface area contributed by atoms with Crippen molar-refractivity contribution in [3.8, 4) is 0 Å². The molecule has 21 heavy (non-hydrogen) atoms. The zero-order valence-electron chi connectivity index (χ0n) is 10.6. The summed E-state index contributed by atoms with van der Waals surface area (Å²) >= 11 is 0. The van der Waals surface area contributed by atoms with E-state index in [0.29, 0.717) is 12.8 Å². The minimum atomic E-state index is -6.34. The molecule has 0 atom stereocenters. The maximum atomic E-state index is 13.3. The smallest absolute Gasteiger partial charge is 0.411 e. The van der Waals surface area contributed by atoms with Crippen LogP contribution in [0, 0.1) is 0 Å². The highest BCUT2D eigenvalue weighted by Gasteiger charge is 2.78. The topological polar surface area (TPSA) is 66.4 Å². The summed E-state index contributed by atoms with van der Waals surface area (Å²) < 4.78 is 78.3. The van der Waals surface area contributed by atoms with E-state index in [2.05, 4.69) is 0 Å². The summed E-state index contributed by atoms with van der Waals surface area (Å²) in [5.41, 5.74) is 0. The Bertz CT molecular complexity index is 420. The van der Waals surface area contributed by atoms with Gasteiger partial charge < -0.3 is 10.4 Å². The number of hydrogen-bond acceptors (Lipinski definition) is 2. The molecule has 0 heterocycles. The Balaban J connectivity index is 2.91. The van der Waals surface area contributed by atoms with Crippen LogP contribution in [0.3, 0.4) is 0 Å². The highest BCUT2D eigenvalue weighted by Crippen LogP contribution is 2.46. The first-order chi connectivity index (χ1) is 9.44. The first-order valence-electron chi connectivity index (χ1n) is 6.12. The van der Waals surface area contributed by atoms with Crippen molar-refractivity contribution in [1.29, 1.82) is 0 Å². The van der Waals surface area contributed by atoms with Gasteiger partial charge in [0.1, 0.15) is 0 Å². The number of alkyl halides is 6. The lowest BCUT2D eigenvalue weighted by Crippen LogP contribution is -2.64. The Kier molecular flexibility index (Phi) is 4.79. The fraction of sp³-hybridized carbons (Fsp3) is 0.818. The molecule has 0 bridgehead atoms. The normalized spacial score (nSPS) is 18.4.